The maximum atomic E-state index is 13.5. The molecular weight excluding hydrogens is 514 g/mol. The van der Waals surface area contributed by atoms with Crippen molar-refractivity contribution in [3.63, 3.8) is 0 Å². The Labute approximate surface area is 222 Å². The number of fused-ring (bicyclic) bond motifs is 3. The molecule has 208 valence electrons. The second kappa shape index (κ2) is 9.28. The van der Waals surface area contributed by atoms with Crippen LogP contribution in [-0.4, -0.2) is 80.3 Å². The van der Waals surface area contributed by atoms with Gasteiger partial charge in [0.1, 0.15) is 23.2 Å². The van der Waals surface area contributed by atoms with Gasteiger partial charge in [-0.25, -0.2) is 0 Å². The van der Waals surface area contributed by atoms with Gasteiger partial charge in [-0.3, -0.25) is 14.4 Å². The van der Waals surface area contributed by atoms with Crippen LogP contribution in [0.3, 0.4) is 0 Å². The van der Waals surface area contributed by atoms with Gasteiger partial charge >= 0.3 is 5.97 Å². The van der Waals surface area contributed by atoms with Crippen LogP contribution in [0.5, 0.6) is 17.2 Å². The highest BCUT2D eigenvalue weighted by Gasteiger charge is 2.53. The second-order valence-electron chi connectivity index (χ2n) is 10.4. The van der Waals surface area contributed by atoms with Crippen LogP contribution in [0.1, 0.15) is 81.7 Å². The van der Waals surface area contributed by atoms with Crippen molar-refractivity contribution in [3.8, 4) is 17.2 Å². The van der Waals surface area contributed by atoms with Crippen LogP contribution in [0.25, 0.3) is 0 Å². The van der Waals surface area contributed by atoms with Crippen molar-refractivity contribution in [1.29, 1.82) is 0 Å². The number of hydrogen-bond acceptors (Lipinski definition) is 12. The fraction of sp³-hybridized carbons (Fsp3) is 0.444. The van der Waals surface area contributed by atoms with E-state index in [-0.39, 0.29) is 35.1 Å². The Morgan fingerprint density at radius 2 is 1.72 bits per heavy atom. The van der Waals surface area contributed by atoms with Crippen molar-refractivity contribution in [1.82, 2.24) is 0 Å². The third-order valence-electron chi connectivity index (χ3n) is 7.83. The Balaban J connectivity index is 1.74. The number of ketones is 2. The normalized spacial score (nSPS) is 31.7. The highest BCUT2D eigenvalue weighted by Crippen LogP contribution is 2.56. The Kier molecular flexibility index (Phi) is 6.43. The summed E-state index contributed by atoms with van der Waals surface area (Å²) in [7, 11) is 1.08. The molecule has 7 atom stereocenters. The highest BCUT2D eigenvalue weighted by atomic mass is 16.7. The topological polar surface area (TPSA) is 206 Å². The minimum Gasteiger partial charge on any atom is -0.507 e. The van der Waals surface area contributed by atoms with E-state index in [4.69, 9.17) is 19.9 Å². The number of phenols is 3. The third kappa shape index (κ3) is 3.98. The third-order valence-corrected chi connectivity index (χ3v) is 7.83. The molecule has 1 heterocycles. The van der Waals surface area contributed by atoms with E-state index in [9.17, 15) is 39.9 Å². The zero-order valence-electron chi connectivity index (χ0n) is 21.4. The first-order valence-corrected chi connectivity index (χ1v) is 12.4. The molecule has 0 radical (unpaired) electrons. The van der Waals surface area contributed by atoms with Gasteiger partial charge in [-0.05, 0) is 19.9 Å². The molecule has 12 nitrogen and oxygen atoms in total. The summed E-state index contributed by atoms with van der Waals surface area (Å²) in [5, 5.41) is 54.9. The maximum absolute atomic E-state index is 13.5. The molecule has 3 aliphatic rings. The van der Waals surface area contributed by atoms with Crippen LogP contribution in [0.4, 0.5) is 0 Å². The van der Waals surface area contributed by atoms with Crippen molar-refractivity contribution in [2.24, 2.45) is 5.73 Å². The summed E-state index contributed by atoms with van der Waals surface area (Å²) in [6.07, 6.45) is -4.25. The molecule has 1 saturated heterocycles. The summed E-state index contributed by atoms with van der Waals surface area (Å²) >= 11 is 0. The van der Waals surface area contributed by atoms with Crippen LogP contribution >= 0.6 is 0 Å². The zero-order valence-corrected chi connectivity index (χ0v) is 21.4. The fourth-order valence-corrected chi connectivity index (χ4v) is 5.92. The molecule has 7 N–H and O–H groups in total. The van der Waals surface area contributed by atoms with Gasteiger partial charge < -0.3 is 45.5 Å². The molecule has 0 aromatic heterocycles. The number of methoxy groups -OCH3 is 1. The molecule has 39 heavy (non-hydrogen) atoms. The lowest BCUT2D eigenvalue weighted by Gasteiger charge is -2.44. The van der Waals surface area contributed by atoms with E-state index >= 15 is 0 Å². The van der Waals surface area contributed by atoms with Gasteiger partial charge in [0.15, 0.2) is 12.1 Å². The lowest BCUT2D eigenvalue weighted by molar-refractivity contribution is -0.248. The molecule has 0 spiro atoms. The SMILES string of the molecule is COC(=O)[C@H]1c2c(O)c3c(c(O)c2[C@@H](O[C@H]2C[C@@H](N)[C@@H](O)[C@@H](C)O2)C[C@@]1(C)O)C(=O)c1c(O)cccc1C3=O. The number of aromatic hydroxyl groups is 3. The van der Waals surface area contributed by atoms with Gasteiger partial charge in [0, 0.05) is 35.6 Å². The molecule has 5 rings (SSSR count). The Morgan fingerprint density at radius 3 is 2.36 bits per heavy atom. The average molecular weight is 544 g/mol. The fourth-order valence-electron chi connectivity index (χ4n) is 5.92. The number of esters is 1. The number of rotatable bonds is 3. The van der Waals surface area contributed by atoms with Gasteiger partial charge in [0.05, 0.1) is 47.7 Å². The molecular formula is C27H29NO11. The van der Waals surface area contributed by atoms with Crippen molar-refractivity contribution >= 4 is 17.5 Å². The first-order chi connectivity index (χ1) is 18.3. The molecule has 0 unspecified atom stereocenters. The lowest BCUT2D eigenvalue weighted by atomic mass is 9.68. The second-order valence-corrected chi connectivity index (χ2v) is 10.4. The largest absolute Gasteiger partial charge is 0.507 e. The summed E-state index contributed by atoms with van der Waals surface area (Å²) in [6, 6.07) is 3.13. The van der Waals surface area contributed by atoms with E-state index in [0.29, 0.717) is 0 Å². The van der Waals surface area contributed by atoms with E-state index in [1.54, 1.807) is 6.92 Å². The summed E-state index contributed by atoms with van der Waals surface area (Å²) in [5.41, 5.74) is 1.84. The molecule has 2 aromatic carbocycles. The zero-order chi connectivity index (χ0) is 28.5. The predicted octanol–water partition coefficient (Wildman–Crippen LogP) is 0.871. The Morgan fingerprint density at radius 1 is 1.08 bits per heavy atom. The lowest BCUT2D eigenvalue weighted by Crippen LogP contribution is -2.52. The minimum atomic E-state index is -1.91. The molecule has 0 amide bonds. The van der Waals surface area contributed by atoms with Gasteiger partial charge in [-0.2, -0.15) is 0 Å². The number of hydrogen-bond donors (Lipinski definition) is 6. The van der Waals surface area contributed by atoms with Crippen LogP contribution in [0.2, 0.25) is 0 Å². The Hall–Kier alpha value is -3.55. The number of aliphatic hydroxyl groups is 2. The standard InChI is InChI=1S/C27H29NO11/c1-9-21(30)11(28)7-14(38-9)39-13-8-27(2,36)20(26(35)37-3)17-16(13)24(33)19-18(25(17)34)22(31)10-5-4-6-12(29)15(10)23(19)32/h4-6,9,11,13-14,20-21,29-30,33-34,36H,7-8,28H2,1-3H3/t9-,11-,13+,14+,20-,21+,27-/m1/s1. The molecule has 2 aromatic rings. The van der Waals surface area contributed by atoms with E-state index in [0.717, 1.165) is 7.11 Å². The van der Waals surface area contributed by atoms with Crippen molar-refractivity contribution in [3.05, 3.63) is 51.6 Å². The van der Waals surface area contributed by atoms with Crippen LogP contribution < -0.4 is 5.73 Å². The number of nitrogens with two attached hydrogens (primary N) is 1. The van der Waals surface area contributed by atoms with Crippen LogP contribution in [-0.2, 0) is 19.0 Å². The first kappa shape index (κ1) is 27.0. The van der Waals surface area contributed by atoms with Crippen molar-refractivity contribution < 1.29 is 54.1 Å². The first-order valence-electron chi connectivity index (χ1n) is 12.4. The predicted molar refractivity (Wildman–Crippen MR) is 132 cm³/mol. The van der Waals surface area contributed by atoms with Gasteiger partial charge in [-0.15, -0.1) is 0 Å². The molecule has 0 bridgehead atoms. The number of aliphatic hydroxyl groups excluding tert-OH is 1. The Bertz CT molecular complexity index is 1390. The smallest absolute Gasteiger partial charge is 0.316 e. The maximum Gasteiger partial charge on any atom is 0.316 e. The molecule has 0 saturated carbocycles. The number of benzene rings is 2. The number of carbonyl (C=O) groups is 3. The number of carbonyl (C=O) groups excluding carboxylic acids is 3. The molecule has 1 fully saturated rings. The number of ether oxygens (including phenoxy) is 3. The van der Waals surface area contributed by atoms with E-state index in [2.05, 4.69) is 0 Å². The highest BCUT2D eigenvalue weighted by molar-refractivity contribution is 6.31. The monoisotopic (exact) mass is 543 g/mol. The summed E-state index contributed by atoms with van der Waals surface area (Å²) in [6.45, 7) is 2.90. The number of phenolic OH excluding ortho intramolecular Hbond substituents is 3. The molecule has 12 heteroatoms. The van der Waals surface area contributed by atoms with Crippen molar-refractivity contribution in [2.45, 2.75) is 68.9 Å². The van der Waals surface area contributed by atoms with E-state index in [1.807, 2.05) is 0 Å². The van der Waals surface area contributed by atoms with Gasteiger partial charge in [0.25, 0.3) is 0 Å². The minimum absolute atomic E-state index is 0.0380. The summed E-state index contributed by atoms with van der Waals surface area (Å²) < 4.78 is 16.7. The van der Waals surface area contributed by atoms with Crippen LogP contribution in [0.15, 0.2) is 18.2 Å². The van der Waals surface area contributed by atoms with Crippen LogP contribution in [0, 0.1) is 0 Å². The average Bonchev–Trinajstić information content (AvgIpc) is 2.86. The summed E-state index contributed by atoms with van der Waals surface area (Å²) in [5.74, 6) is -6.39. The molecule has 1 aliphatic heterocycles. The van der Waals surface area contributed by atoms with E-state index in [1.165, 1.54) is 25.1 Å². The van der Waals surface area contributed by atoms with Gasteiger partial charge in [0.2, 0.25) is 5.78 Å². The van der Waals surface area contributed by atoms with Gasteiger partial charge in [-0.1, -0.05) is 12.1 Å². The van der Waals surface area contributed by atoms with Crippen molar-refractivity contribution in [2.75, 3.05) is 7.11 Å². The molecule has 2 aliphatic carbocycles. The van der Waals surface area contributed by atoms with E-state index < -0.39 is 88.1 Å². The summed E-state index contributed by atoms with van der Waals surface area (Å²) in [4.78, 5) is 39.9. The quantitative estimate of drug-likeness (QED) is 0.201.